The van der Waals surface area contributed by atoms with Gasteiger partial charge in [0.2, 0.25) is 11.8 Å². The van der Waals surface area contributed by atoms with Crippen molar-refractivity contribution in [3.8, 4) is 0 Å². The monoisotopic (exact) mass is 308 g/mol. The Morgan fingerprint density at radius 2 is 1.68 bits per heavy atom. The lowest BCUT2D eigenvalue weighted by Gasteiger charge is -2.34. The van der Waals surface area contributed by atoms with Gasteiger partial charge in [-0.25, -0.2) is 0 Å². The molecule has 0 radical (unpaired) electrons. The van der Waals surface area contributed by atoms with E-state index in [2.05, 4.69) is 11.8 Å². The highest BCUT2D eigenvalue weighted by molar-refractivity contribution is 5.79. The molecule has 0 bridgehead atoms. The van der Waals surface area contributed by atoms with Crippen molar-refractivity contribution in [3.63, 3.8) is 0 Å². The summed E-state index contributed by atoms with van der Waals surface area (Å²) in [5, 5.41) is 0. The van der Waals surface area contributed by atoms with Crippen LogP contribution in [0.5, 0.6) is 0 Å². The Morgan fingerprint density at radius 3 is 2.36 bits per heavy atom. The summed E-state index contributed by atoms with van der Waals surface area (Å²) in [5.74, 6) is 0.612. The summed E-state index contributed by atoms with van der Waals surface area (Å²) >= 11 is 0. The number of carbonyl (C=O) groups excluding carboxylic acids is 2. The molecule has 2 heterocycles. The van der Waals surface area contributed by atoms with Gasteiger partial charge in [-0.3, -0.25) is 9.59 Å². The van der Waals surface area contributed by atoms with Gasteiger partial charge in [-0.2, -0.15) is 0 Å². The normalized spacial score (nSPS) is 23.1. The second-order valence-corrected chi connectivity index (χ2v) is 6.98. The van der Waals surface area contributed by atoms with Crippen molar-refractivity contribution in [2.24, 2.45) is 5.92 Å². The van der Waals surface area contributed by atoms with Gasteiger partial charge in [-0.1, -0.05) is 20.3 Å². The smallest absolute Gasteiger partial charge is 0.225 e. The predicted octanol–water partition coefficient (Wildman–Crippen LogP) is 3.21. The van der Waals surface area contributed by atoms with Crippen LogP contribution in [-0.4, -0.2) is 47.3 Å². The molecule has 0 spiro atoms. The van der Waals surface area contributed by atoms with E-state index in [-0.39, 0.29) is 12.0 Å². The SMILES string of the molecule is CCC(CC(C)C(=O)N1CCCCC1)N1CCCCCC1=O. The summed E-state index contributed by atoms with van der Waals surface area (Å²) < 4.78 is 0. The lowest BCUT2D eigenvalue weighted by molar-refractivity contribution is -0.139. The minimum Gasteiger partial charge on any atom is -0.342 e. The van der Waals surface area contributed by atoms with E-state index in [9.17, 15) is 9.59 Å². The molecule has 22 heavy (non-hydrogen) atoms. The zero-order valence-electron chi connectivity index (χ0n) is 14.4. The zero-order valence-corrected chi connectivity index (χ0v) is 14.4. The van der Waals surface area contributed by atoms with E-state index < -0.39 is 0 Å². The van der Waals surface area contributed by atoms with Crippen LogP contribution >= 0.6 is 0 Å². The van der Waals surface area contributed by atoms with Crippen LogP contribution in [0.4, 0.5) is 0 Å². The fraction of sp³-hybridized carbons (Fsp3) is 0.889. The van der Waals surface area contributed by atoms with E-state index >= 15 is 0 Å². The third kappa shape index (κ3) is 4.47. The van der Waals surface area contributed by atoms with Crippen molar-refractivity contribution < 1.29 is 9.59 Å². The first-order valence-corrected chi connectivity index (χ1v) is 9.21. The molecule has 2 aliphatic rings. The molecule has 0 aromatic heterocycles. The molecule has 0 saturated carbocycles. The highest BCUT2D eigenvalue weighted by Crippen LogP contribution is 2.22. The van der Waals surface area contributed by atoms with Crippen molar-refractivity contribution in [3.05, 3.63) is 0 Å². The standard InChI is InChI=1S/C18H32N2O2/c1-3-16(20-13-9-4-6-10-17(20)21)14-15(2)18(22)19-11-7-5-8-12-19/h15-16H,3-14H2,1-2H3. The second kappa shape index (κ2) is 8.54. The number of likely N-dealkylation sites (tertiary alicyclic amines) is 2. The first-order chi connectivity index (χ1) is 10.6. The van der Waals surface area contributed by atoms with Crippen molar-refractivity contribution in [2.75, 3.05) is 19.6 Å². The van der Waals surface area contributed by atoms with Crippen LogP contribution in [0.25, 0.3) is 0 Å². The Kier molecular flexibility index (Phi) is 6.71. The molecule has 4 nitrogen and oxygen atoms in total. The molecule has 2 fully saturated rings. The molecular formula is C18H32N2O2. The highest BCUT2D eigenvalue weighted by atomic mass is 16.2. The number of amides is 2. The minimum absolute atomic E-state index is 0.0269. The molecule has 2 aliphatic heterocycles. The molecule has 0 N–H and O–H groups in total. The summed E-state index contributed by atoms with van der Waals surface area (Å²) in [7, 11) is 0. The largest absolute Gasteiger partial charge is 0.342 e. The highest BCUT2D eigenvalue weighted by Gasteiger charge is 2.29. The van der Waals surface area contributed by atoms with Gasteiger partial charge in [0.05, 0.1) is 0 Å². The van der Waals surface area contributed by atoms with Gasteiger partial charge < -0.3 is 9.80 Å². The quantitative estimate of drug-likeness (QED) is 0.782. The van der Waals surface area contributed by atoms with Gasteiger partial charge in [-0.05, 0) is 44.9 Å². The van der Waals surface area contributed by atoms with Gasteiger partial charge in [0.15, 0.2) is 0 Å². The Morgan fingerprint density at radius 1 is 1.05 bits per heavy atom. The zero-order chi connectivity index (χ0) is 15.9. The Bertz CT molecular complexity index is 377. The fourth-order valence-corrected chi connectivity index (χ4v) is 3.84. The van der Waals surface area contributed by atoms with Gasteiger partial charge in [0.1, 0.15) is 0 Å². The number of rotatable bonds is 5. The third-order valence-corrected chi connectivity index (χ3v) is 5.24. The van der Waals surface area contributed by atoms with Crippen molar-refractivity contribution in [1.29, 1.82) is 0 Å². The molecule has 0 aromatic rings. The molecule has 4 heteroatoms. The molecule has 126 valence electrons. The number of hydrogen-bond acceptors (Lipinski definition) is 2. The molecular weight excluding hydrogens is 276 g/mol. The minimum atomic E-state index is 0.0269. The van der Waals surface area contributed by atoms with Crippen LogP contribution in [0.3, 0.4) is 0 Å². The average molecular weight is 308 g/mol. The first kappa shape index (κ1) is 17.3. The summed E-state index contributed by atoms with van der Waals surface area (Å²) in [5.41, 5.74) is 0. The number of piperidine rings is 1. The first-order valence-electron chi connectivity index (χ1n) is 9.21. The molecule has 2 saturated heterocycles. The van der Waals surface area contributed by atoms with E-state index in [0.717, 1.165) is 64.6 Å². The number of nitrogens with zero attached hydrogens (tertiary/aromatic N) is 2. The van der Waals surface area contributed by atoms with Gasteiger partial charge in [0.25, 0.3) is 0 Å². The maximum atomic E-state index is 12.6. The molecule has 0 aromatic carbocycles. The molecule has 2 amide bonds. The number of hydrogen-bond donors (Lipinski definition) is 0. The van der Waals surface area contributed by atoms with E-state index in [4.69, 9.17) is 0 Å². The van der Waals surface area contributed by atoms with Crippen LogP contribution in [0.2, 0.25) is 0 Å². The average Bonchev–Trinajstić information content (AvgIpc) is 2.77. The lowest BCUT2D eigenvalue weighted by Crippen LogP contribution is -2.44. The molecule has 0 aliphatic carbocycles. The summed E-state index contributed by atoms with van der Waals surface area (Å²) in [6.45, 7) is 6.90. The van der Waals surface area contributed by atoms with E-state index in [1.54, 1.807) is 0 Å². The van der Waals surface area contributed by atoms with Gasteiger partial charge >= 0.3 is 0 Å². The van der Waals surface area contributed by atoms with Crippen LogP contribution in [0.1, 0.15) is 71.6 Å². The van der Waals surface area contributed by atoms with E-state index in [0.29, 0.717) is 18.2 Å². The van der Waals surface area contributed by atoms with Crippen LogP contribution in [0.15, 0.2) is 0 Å². The van der Waals surface area contributed by atoms with Crippen LogP contribution in [-0.2, 0) is 9.59 Å². The fourth-order valence-electron chi connectivity index (χ4n) is 3.84. The Hall–Kier alpha value is -1.06. The van der Waals surface area contributed by atoms with Crippen LogP contribution < -0.4 is 0 Å². The third-order valence-electron chi connectivity index (χ3n) is 5.24. The predicted molar refractivity (Wildman–Crippen MR) is 88.5 cm³/mol. The van der Waals surface area contributed by atoms with E-state index in [1.165, 1.54) is 6.42 Å². The summed E-state index contributed by atoms with van der Waals surface area (Å²) in [4.78, 5) is 29.0. The molecule has 2 unspecified atom stereocenters. The van der Waals surface area contributed by atoms with Crippen molar-refractivity contribution in [2.45, 2.75) is 77.7 Å². The maximum Gasteiger partial charge on any atom is 0.225 e. The molecule has 2 rings (SSSR count). The van der Waals surface area contributed by atoms with Gasteiger partial charge in [0, 0.05) is 38.0 Å². The Balaban J connectivity index is 1.92. The van der Waals surface area contributed by atoms with Crippen LogP contribution in [0, 0.1) is 5.92 Å². The molecule has 2 atom stereocenters. The second-order valence-electron chi connectivity index (χ2n) is 6.98. The maximum absolute atomic E-state index is 12.6. The number of carbonyl (C=O) groups is 2. The summed E-state index contributed by atoms with van der Waals surface area (Å²) in [6.07, 6.45) is 9.26. The van der Waals surface area contributed by atoms with Gasteiger partial charge in [-0.15, -0.1) is 0 Å². The van der Waals surface area contributed by atoms with Crippen molar-refractivity contribution >= 4 is 11.8 Å². The topological polar surface area (TPSA) is 40.6 Å². The van der Waals surface area contributed by atoms with E-state index in [1.807, 2.05) is 11.8 Å². The summed E-state index contributed by atoms with van der Waals surface area (Å²) in [6, 6.07) is 0.231. The Labute approximate surface area is 135 Å². The van der Waals surface area contributed by atoms with Crippen molar-refractivity contribution in [1.82, 2.24) is 9.80 Å². The lowest BCUT2D eigenvalue weighted by atomic mass is 9.96.